The molecule has 0 aliphatic heterocycles. The molecule has 2 heteroatoms. The van der Waals surface area contributed by atoms with Gasteiger partial charge in [0, 0.05) is 5.69 Å². The molecule has 0 heterocycles. The molecule has 2 aromatic rings. The second-order valence-corrected chi connectivity index (χ2v) is 4.12. The van der Waals surface area contributed by atoms with Crippen LogP contribution in [0, 0.1) is 6.92 Å². The maximum atomic E-state index is 5.81. The van der Waals surface area contributed by atoms with Crippen LogP contribution in [0.1, 0.15) is 18.1 Å². The summed E-state index contributed by atoms with van der Waals surface area (Å²) in [5, 5.41) is 0. The predicted octanol–water partition coefficient (Wildman–Crippen LogP) is 3.93. The number of hydrogen-bond acceptors (Lipinski definition) is 2. The standard InChI is InChI=1S/C15H17NO/c1-3-12-4-7-14(8-5-12)17-15-9-6-13(16)10-11(15)2/h4-10H,3,16H2,1-2H3. The van der Waals surface area contributed by atoms with Crippen LogP contribution in [0.4, 0.5) is 5.69 Å². The van der Waals surface area contributed by atoms with E-state index < -0.39 is 0 Å². The predicted molar refractivity (Wildman–Crippen MR) is 71.5 cm³/mol. The molecule has 2 rings (SSSR count). The third kappa shape index (κ3) is 2.78. The molecule has 0 saturated carbocycles. The molecule has 0 aliphatic carbocycles. The van der Waals surface area contributed by atoms with E-state index in [1.54, 1.807) is 0 Å². The third-order valence-electron chi connectivity index (χ3n) is 2.76. The molecule has 0 spiro atoms. The van der Waals surface area contributed by atoms with E-state index in [1.165, 1.54) is 5.56 Å². The van der Waals surface area contributed by atoms with Crippen molar-refractivity contribution in [3.8, 4) is 11.5 Å². The van der Waals surface area contributed by atoms with Crippen LogP contribution in [0.2, 0.25) is 0 Å². The molecule has 0 saturated heterocycles. The lowest BCUT2D eigenvalue weighted by Crippen LogP contribution is -1.90. The van der Waals surface area contributed by atoms with Crippen molar-refractivity contribution in [3.63, 3.8) is 0 Å². The maximum Gasteiger partial charge on any atom is 0.130 e. The van der Waals surface area contributed by atoms with Crippen LogP contribution in [-0.2, 0) is 6.42 Å². The number of anilines is 1. The minimum absolute atomic E-state index is 0.760. The van der Waals surface area contributed by atoms with Crippen LogP contribution in [0.25, 0.3) is 0 Å². The first kappa shape index (κ1) is 11.5. The molecular formula is C15H17NO. The summed E-state index contributed by atoms with van der Waals surface area (Å²) < 4.78 is 5.81. The largest absolute Gasteiger partial charge is 0.457 e. The van der Waals surface area contributed by atoms with Gasteiger partial charge in [0.25, 0.3) is 0 Å². The average Bonchev–Trinajstić information content (AvgIpc) is 2.34. The van der Waals surface area contributed by atoms with Gasteiger partial charge >= 0.3 is 0 Å². The lowest BCUT2D eigenvalue weighted by atomic mass is 10.1. The summed E-state index contributed by atoms with van der Waals surface area (Å²) in [6, 6.07) is 13.8. The van der Waals surface area contributed by atoms with Crippen LogP contribution < -0.4 is 10.5 Å². The average molecular weight is 227 g/mol. The monoisotopic (exact) mass is 227 g/mol. The second-order valence-electron chi connectivity index (χ2n) is 4.12. The van der Waals surface area contributed by atoms with Gasteiger partial charge in [-0.05, 0) is 54.8 Å². The Morgan fingerprint density at radius 1 is 1.06 bits per heavy atom. The summed E-state index contributed by atoms with van der Waals surface area (Å²) in [7, 11) is 0. The SMILES string of the molecule is CCc1ccc(Oc2ccc(N)cc2C)cc1. The van der Waals surface area contributed by atoms with E-state index in [9.17, 15) is 0 Å². The summed E-state index contributed by atoms with van der Waals surface area (Å²) in [5.74, 6) is 1.71. The summed E-state index contributed by atoms with van der Waals surface area (Å²) in [4.78, 5) is 0. The van der Waals surface area contributed by atoms with Crippen molar-refractivity contribution in [2.45, 2.75) is 20.3 Å². The second kappa shape index (κ2) is 4.91. The Balaban J connectivity index is 2.19. The minimum Gasteiger partial charge on any atom is -0.457 e. The number of ether oxygens (including phenoxy) is 1. The summed E-state index contributed by atoms with van der Waals surface area (Å²) in [6.07, 6.45) is 1.04. The zero-order valence-electron chi connectivity index (χ0n) is 10.2. The number of aryl methyl sites for hydroxylation is 2. The highest BCUT2D eigenvalue weighted by Gasteiger charge is 2.01. The van der Waals surface area contributed by atoms with E-state index in [0.717, 1.165) is 29.2 Å². The lowest BCUT2D eigenvalue weighted by Gasteiger charge is -2.09. The lowest BCUT2D eigenvalue weighted by molar-refractivity contribution is 0.479. The molecule has 0 amide bonds. The maximum absolute atomic E-state index is 5.81. The van der Waals surface area contributed by atoms with Crippen molar-refractivity contribution in [1.82, 2.24) is 0 Å². The van der Waals surface area contributed by atoms with Gasteiger partial charge in [-0.1, -0.05) is 19.1 Å². The normalized spacial score (nSPS) is 10.2. The van der Waals surface area contributed by atoms with Gasteiger partial charge in [0.2, 0.25) is 0 Å². The number of hydrogen-bond donors (Lipinski definition) is 1. The summed E-state index contributed by atoms with van der Waals surface area (Å²) in [5.41, 5.74) is 8.82. The van der Waals surface area contributed by atoms with Gasteiger partial charge in [-0.25, -0.2) is 0 Å². The molecule has 0 aliphatic rings. The molecule has 0 bridgehead atoms. The van der Waals surface area contributed by atoms with E-state index >= 15 is 0 Å². The van der Waals surface area contributed by atoms with Crippen molar-refractivity contribution < 1.29 is 4.74 Å². The van der Waals surface area contributed by atoms with Gasteiger partial charge in [-0.3, -0.25) is 0 Å². The number of nitrogen functional groups attached to an aromatic ring is 1. The molecular weight excluding hydrogens is 210 g/mol. The molecule has 2 N–H and O–H groups in total. The highest BCUT2D eigenvalue weighted by atomic mass is 16.5. The first-order valence-corrected chi connectivity index (χ1v) is 5.82. The summed E-state index contributed by atoms with van der Waals surface area (Å²) in [6.45, 7) is 4.13. The fraction of sp³-hybridized carbons (Fsp3) is 0.200. The van der Waals surface area contributed by atoms with Gasteiger partial charge in [-0.15, -0.1) is 0 Å². The van der Waals surface area contributed by atoms with Gasteiger partial charge in [-0.2, -0.15) is 0 Å². The van der Waals surface area contributed by atoms with Crippen LogP contribution in [0.5, 0.6) is 11.5 Å². The van der Waals surface area contributed by atoms with E-state index in [4.69, 9.17) is 10.5 Å². The Hall–Kier alpha value is -1.96. The molecule has 2 nitrogen and oxygen atoms in total. The van der Waals surface area contributed by atoms with Gasteiger partial charge in [0.15, 0.2) is 0 Å². The molecule has 0 aromatic heterocycles. The Morgan fingerprint density at radius 2 is 1.76 bits per heavy atom. The molecule has 0 fully saturated rings. The molecule has 0 unspecified atom stereocenters. The van der Waals surface area contributed by atoms with Crippen LogP contribution in [0.15, 0.2) is 42.5 Å². The molecule has 88 valence electrons. The molecule has 0 radical (unpaired) electrons. The van der Waals surface area contributed by atoms with Gasteiger partial charge in [0.1, 0.15) is 11.5 Å². The number of nitrogens with two attached hydrogens (primary N) is 1. The fourth-order valence-electron chi connectivity index (χ4n) is 1.71. The van der Waals surface area contributed by atoms with Crippen LogP contribution in [-0.4, -0.2) is 0 Å². The van der Waals surface area contributed by atoms with Crippen molar-refractivity contribution in [2.75, 3.05) is 5.73 Å². The van der Waals surface area contributed by atoms with E-state index in [1.807, 2.05) is 37.3 Å². The number of rotatable bonds is 3. The third-order valence-corrected chi connectivity index (χ3v) is 2.76. The molecule has 0 atom stereocenters. The Morgan fingerprint density at radius 3 is 2.35 bits per heavy atom. The minimum atomic E-state index is 0.760. The number of benzene rings is 2. The summed E-state index contributed by atoms with van der Waals surface area (Å²) >= 11 is 0. The van der Waals surface area contributed by atoms with Gasteiger partial charge < -0.3 is 10.5 Å². The van der Waals surface area contributed by atoms with E-state index in [-0.39, 0.29) is 0 Å². The molecule has 17 heavy (non-hydrogen) atoms. The first-order chi connectivity index (χ1) is 8.19. The Kier molecular flexibility index (Phi) is 3.33. The Labute approximate surface area is 102 Å². The van der Waals surface area contributed by atoms with E-state index in [0.29, 0.717) is 0 Å². The zero-order valence-corrected chi connectivity index (χ0v) is 10.2. The van der Waals surface area contributed by atoms with Crippen molar-refractivity contribution in [2.24, 2.45) is 0 Å². The zero-order chi connectivity index (χ0) is 12.3. The molecule has 2 aromatic carbocycles. The van der Waals surface area contributed by atoms with Crippen molar-refractivity contribution in [3.05, 3.63) is 53.6 Å². The Bertz CT molecular complexity index is 503. The highest BCUT2D eigenvalue weighted by molar-refractivity contribution is 5.48. The fourth-order valence-corrected chi connectivity index (χ4v) is 1.71. The van der Waals surface area contributed by atoms with Crippen LogP contribution in [0.3, 0.4) is 0 Å². The van der Waals surface area contributed by atoms with Gasteiger partial charge in [0.05, 0.1) is 0 Å². The topological polar surface area (TPSA) is 35.2 Å². The highest BCUT2D eigenvalue weighted by Crippen LogP contribution is 2.26. The first-order valence-electron chi connectivity index (χ1n) is 5.82. The van der Waals surface area contributed by atoms with E-state index in [2.05, 4.69) is 19.1 Å². The smallest absolute Gasteiger partial charge is 0.130 e. The van der Waals surface area contributed by atoms with Crippen molar-refractivity contribution in [1.29, 1.82) is 0 Å². The van der Waals surface area contributed by atoms with Crippen molar-refractivity contribution >= 4 is 5.69 Å². The van der Waals surface area contributed by atoms with Crippen LogP contribution >= 0.6 is 0 Å². The quantitative estimate of drug-likeness (QED) is 0.806.